The Kier molecular flexibility index (Phi) is 4.23. The number of nitrogens with zero attached hydrogens (tertiary/aromatic N) is 4. The minimum Gasteiger partial charge on any atom is -0.337 e. The van der Waals surface area contributed by atoms with Crippen LogP contribution in [0.4, 0.5) is 0 Å². The van der Waals surface area contributed by atoms with Crippen LogP contribution in [0.15, 0.2) is 36.7 Å². The van der Waals surface area contributed by atoms with E-state index < -0.39 is 0 Å². The van der Waals surface area contributed by atoms with Crippen molar-refractivity contribution in [2.24, 2.45) is 13.0 Å². The van der Waals surface area contributed by atoms with E-state index in [9.17, 15) is 4.79 Å². The molecule has 0 fully saturated rings. The molecule has 2 heterocycles. The van der Waals surface area contributed by atoms with E-state index in [1.54, 1.807) is 9.58 Å². The first-order chi connectivity index (χ1) is 12.5. The smallest absolute Gasteiger partial charge is 0.254 e. The van der Waals surface area contributed by atoms with Crippen molar-refractivity contribution < 1.29 is 4.79 Å². The Morgan fingerprint density at radius 2 is 2.15 bits per heavy atom. The van der Waals surface area contributed by atoms with Gasteiger partial charge in [-0.15, -0.1) is 0 Å². The van der Waals surface area contributed by atoms with E-state index in [4.69, 9.17) is 4.98 Å². The summed E-state index contributed by atoms with van der Waals surface area (Å²) in [5.41, 5.74) is 5.02. The van der Waals surface area contributed by atoms with Crippen LogP contribution in [0.5, 0.6) is 0 Å². The molecule has 26 heavy (non-hydrogen) atoms. The molecule has 0 spiro atoms. The van der Waals surface area contributed by atoms with Crippen LogP contribution < -0.4 is 0 Å². The molecular formula is C21H24N4O. The zero-order valence-corrected chi connectivity index (χ0v) is 15.6. The Morgan fingerprint density at radius 3 is 2.92 bits per heavy atom. The second kappa shape index (κ2) is 6.56. The fraction of sp³-hybridized carbons (Fsp3) is 0.381. The molecule has 0 saturated heterocycles. The van der Waals surface area contributed by atoms with Gasteiger partial charge in [-0.25, -0.2) is 0 Å². The number of hydrogen-bond acceptors (Lipinski definition) is 3. The Morgan fingerprint density at radius 1 is 1.35 bits per heavy atom. The lowest BCUT2D eigenvalue weighted by molar-refractivity contribution is 0.0785. The van der Waals surface area contributed by atoms with Gasteiger partial charge in [-0.3, -0.25) is 14.5 Å². The summed E-state index contributed by atoms with van der Waals surface area (Å²) in [6.07, 6.45) is 6.78. The monoisotopic (exact) mass is 348 g/mol. The predicted octanol–water partition coefficient (Wildman–Crippen LogP) is 3.37. The molecule has 0 aliphatic heterocycles. The Labute approximate surface area is 153 Å². The van der Waals surface area contributed by atoms with Crippen LogP contribution in [0, 0.1) is 5.92 Å². The lowest BCUT2D eigenvalue weighted by Crippen LogP contribution is -2.29. The van der Waals surface area contributed by atoms with Gasteiger partial charge in [-0.05, 0) is 36.8 Å². The highest BCUT2D eigenvalue weighted by Crippen LogP contribution is 2.32. The van der Waals surface area contributed by atoms with E-state index in [1.807, 2.05) is 50.8 Å². The fourth-order valence-electron chi connectivity index (χ4n) is 3.90. The molecule has 0 N–H and O–H groups in total. The topological polar surface area (TPSA) is 51.0 Å². The molecule has 0 bridgehead atoms. The molecule has 1 aromatic carbocycles. The molecule has 5 nitrogen and oxygen atoms in total. The largest absolute Gasteiger partial charge is 0.337 e. The number of rotatable bonds is 3. The quantitative estimate of drug-likeness (QED) is 0.729. The van der Waals surface area contributed by atoms with Crippen molar-refractivity contribution in [3.63, 3.8) is 0 Å². The predicted molar refractivity (Wildman–Crippen MR) is 102 cm³/mol. The van der Waals surface area contributed by atoms with Gasteiger partial charge in [0.1, 0.15) is 0 Å². The summed E-state index contributed by atoms with van der Waals surface area (Å²) in [7, 11) is 3.75. The van der Waals surface area contributed by atoms with E-state index in [0.717, 1.165) is 52.5 Å². The molecule has 0 radical (unpaired) electrons. The first-order valence-corrected chi connectivity index (χ1v) is 9.16. The number of benzene rings is 1. The summed E-state index contributed by atoms with van der Waals surface area (Å²) in [6.45, 7) is 2.80. The van der Waals surface area contributed by atoms with Gasteiger partial charge in [0.25, 0.3) is 5.91 Å². The lowest BCUT2D eigenvalue weighted by Gasteiger charge is -2.26. The third kappa shape index (κ3) is 2.98. The number of aryl methyl sites for hydroxylation is 2. The van der Waals surface area contributed by atoms with Crippen LogP contribution >= 0.6 is 0 Å². The summed E-state index contributed by atoms with van der Waals surface area (Å²) in [5.74, 6) is 0.651. The highest BCUT2D eigenvalue weighted by molar-refractivity contribution is 6.07. The molecule has 1 amide bonds. The second-order valence-electron chi connectivity index (χ2n) is 7.46. The first-order valence-electron chi connectivity index (χ1n) is 9.16. The van der Waals surface area contributed by atoms with Crippen molar-refractivity contribution in [2.45, 2.75) is 32.7 Å². The lowest BCUT2D eigenvalue weighted by atomic mass is 9.83. The van der Waals surface area contributed by atoms with Crippen LogP contribution in [-0.2, 0) is 26.4 Å². The highest BCUT2D eigenvalue weighted by Gasteiger charge is 2.26. The number of para-hydroxylation sites is 1. The average molecular weight is 348 g/mol. The Balaban J connectivity index is 1.78. The molecule has 4 rings (SSSR count). The summed E-state index contributed by atoms with van der Waals surface area (Å²) >= 11 is 0. The third-order valence-corrected chi connectivity index (χ3v) is 5.24. The molecule has 1 aliphatic rings. The zero-order chi connectivity index (χ0) is 18.3. The first kappa shape index (κ1) is 16.8. The molecule has 1 aliphatic carbocycles. The van der Waals surface area contributed by atoms with Crippen molar-refractivity contribution in [3.05, 3.63) is 59.0 Å². The normalized spacial score (nSPS) is 16.5. The van der Waals surface area contributed by atoms with Crippen LogP contribution in [-0.4, -0.2) is 32.6 Å². The van der Waals surface area contributed by atoms with Crippen molar-refractivity contribution in [2.75, 3.05) is 7.05 Å². The van der Waals surface area contributed by atoms with Crippen molar-refractivity contribution in [1.29, 1.82) is 0 Å². The van der Waals surface area contributed by atoms with Gasteiger partial charge < -0.3 is 4.90 Å². The van der Waals surface area contributed by atoms with E-state index in [2.05, 4.69) is 12.0 Å². The zero-order valence-electron chi connectivity index (χ0n) is 15.6. The number of carbonyl (C=O) groups excluding carboxylic acids is 1. The van der Waals surface area contributed by atoms with Crippen molar-refractivity contribution in [1.82, 2.24) is 19.7 Å². The number of aromatic nitrogens is 3. The summed E-state index contributed by atoms with van der Waals surface area (Å²) in [6, 6.07) is 8.00. The number of carbonyl (C=O) groups is 1. The summed E-state index contributed by atoms with van der Waals surface area (Å²) in [4.78, 5) is 20.1. The molecule has 0 saturated carbocycles. The molecule has 134 valence electrons. The van der Waals surface area contributed by atoms with Gasteiger partial charge in [0.15, 0.2) is 0 Å². The summed E-state index contributed by atoms with van der Waals surface area (Å²) in [5, 5.41) is 5.16. The second-order valence-corrected chi connectivity index (χ2v) is 7.46. The standard InChI is InChI=1S/C21H24N4O/c1-14-8-9-19-17(10-14)20(16-6-4-5-7-18(16)23-19)21(26)24(2)12-15-11-22-25(3)13-15/h4-7,11,13-14H,8-10,12H2,1-3H3/t14-/m1/s1. The average Bonchev–Trinajstić information content (AvgIpc) is 3.04. The van der Waals surface area contributed by atoms with Crippen molar-refractivity contribution in [3.8, 4) is 0 Å². The SMILES string of the molecule is C[C@@H]1CCc2nc3ccccc3c(C(=O)N(C)Cc3cnn(C)c3)c2C1. The number of fused-ring (bicyclic) bond motifs is 2. The molecular weight excluding hydrogens is 324 g/mol. The fourth-order valence-corrected chi connectivity index (χ4v) is 3.90. The number of hydrogen-bond donors (Lipinski definition) is 0. The van der Waals surface area contributed by atoms with Crippen LogP contribution in [0.25, 0.3) is 10.9 Å². The summed E-state index contributed by atoms with van der Waals surface area (Å²) < 4.78 is 1.76. The molecule has 3 aromatic rings. The van der Waals surface area contributed by atoms with E-state index >= 15 is 0 Å². The Bertz CT molecular complexity index is 975. The van der Waals surface area contributed by atoms with E-state index in [0.29, 0.717) is 12.5 Å². The maximum Gasteiger partial charge on any atom is 0.254 e. The van der Waals surface area contributed by atoms with Gasteiger partial charge in [0, 0.05) is 43.5 Å². The molecule has 5 heteroatoms. The van der Waals surface area contributed by atoms with Crippen LogP contribution in [0.1, 0.15) is 40.5 Å². The van der Waals surface area contributed by atoms with E-state index in [1.165, 1.54) is 0 Å². The van der Waals surface area contributed by atoms with Gasteiger partial charge >= 0.3 is 0 Å². The maximum absolute atomic E-state index is 13.4. The van der Waals surface area contributed by atoms with Gasteiger partial charge in [-0.1, -0.05) is 25.1 Å². The van der Waals surface area contributed by atoms with Gasteiger partial charge in [0.05, 0.1) is 17.3 Å². The maximum atomic E-state index is 13.4. The van der Waals surface area contributed by atoms with Gasteiger partial charge in [0.2, 0.25) is 0 Å². The Hall–Kier alpha value is -2.69. The minimum absolute atomic E-state index is 0.0674. The van der Waals surface area contributed by atoms with Gasteiger partial charge in [-0.2, -0.15) is 5.10 Å². The van der Waals surface area contributed by atoms with Crippen molar-refractivity contribution >= 4 is 16.8 Å². The number of amides is 1. The third-order valence-electron chi connectivity index (χ3n) is 5.24. The van der Waals surface area contributed by atoms with E-state index in [-0.39, 0.29) is 5.91 Å². The molecule has 1 atom stereocenters. The number of pyridine rings is 1. The molecule has 0 unspecified atom stereocenters. The molecule has 2 aromatic heterocycles. The minimum atomic E-state index is 0.0674. The highest BCUT2D eigenvalue weighted by atomic mass is 16.2. The van der Waals surface area contributed by atoms with Crippen LogP contribution in [0.2, 0.25) is 0 Å². The van der Waals surface area contributed by atoms with Crippen LogP contribution in [0.3, 0.4) is 0 Å².